The fourth-order valence-electron chi connectivity index (χ4n) is 4.02. The van der Waals surface area contributed by atoms with Crippen molar-refractivity contribution >= 4 is 5.91 Å². The van der Waals surface area contributed by atoms with Gasteiger partial charge >= 0.3 is 0 Å². The van der Waals surface area contributed by atoms with Gasteiger partial charge in [-0.05, 0) is 6.42 Å². The quantitative estimate of drug-likeness (QED) is 0.0653. The summed E-state index contributed by atoms with van der Waals surface area (Å²) in [6.45, 7) is -1.26. The normalized spacial score (nSPS) is 14.2. The molecule has 1 amide bonds. The number of nitrogens with one attached hydrogen (secondary N) is 1. The lowest BCUT2D eigenvalue weighted by molar-refractivity contribution is 0.0464. The van der Waals surface area contributed by atoms with E-state index in [1.54, 1.807) is 0 Å². The van der Waals surface area contributed by atoms with Crippen LogP contribution in [0.5, 0.6) is 17.2 Å². The van der Waals surface area contributed by atoms with E-state index in [9.17, 15) is 45.6 Å². The molecule has 0 aliphatic heterocycles. The van der Waals surface area contributed by atoms with Gasteiger partial charge in [-0.1, -0.05) is 51.9 Å². The van der Waals surface area contributed by atoms with E-state index in [2.05, 4.69) is 12.2 Å². The average Bonchev–Trinajstić information content (AvgIpc) is 3.00. The predicted octanol–water partition coefficient (Wildman–Crippen LogP) is -0.351. The van der Waals surface area contributed by atoms with Crippen LogP contribution in [0.15, 0.2) is 6.07 Å². The first-order chi connectivity index (χ1) is 20.2. The molecule has 244 valence electrons. The van der Waals surface area contributed by atoms with Crippen molar-refractivity contribution in [2.24, 2.45) is 0 Å². The Morgan fingerprint density at radius 2 is 1.17 bits per heavy atom. The lowest BCUT2D eigenvalue weighted by atomic mass is 9.99. The zero-order valence-electron chi connectivity index (χ0n) is 24.6. The average molecular weight is 606 g/mol. The molecule has 0 aliphatic carbocycles. The standard InChI is InChI=1S/C29H51NO12/c1-2-3-4-5-6-7-8-9-10-30-29(39)27-26(41-18-22(37)15-33)12-25(40-17-21(36)14-32)24(11-20(35)13-31)28(27)42-19-23(38)16-34/h12,20-23,31-38H,2-11,13-19H2,1H3,(H,30,39). The minimum atomic E-state index is -1.32. The monoisotopic (exact) mass is 605 g/mol. The zero-order chi connectivity index (χ0) is 31.3. The van der Waals surface area contributed by atoms with E-state index >= 15 is 0 Å². The van der Waals surface area contributed by atoms with E-state index in [1.165, 1.54) is 31.7 Å². The Kier molecular flexibility index (Phi) is 20.1. The second-order valence-corrected chi connectivity index (χ2v) is 10.3. The van der Waals surface area contributed by atoms with Crippen molar-refractivity contribution in [3.05, 3.63) is 17.2 Å². The highest BCUT2D eigenvalue weighted by Crippen LogP contribution is 2.41. The molecule has 0 aromatic heterocycles. The largest absolute Gasteiger partial charge is 0.490 e. The Morgan fingerprint density at radius 3 is 1.69 bits per heavy atom. The molecule has 1 aromatic rings. The third kappa shape index (κ3) is 14.3. The number of benzene rings is 1. The Balaban J connectivity index is 3.41. The Bertz CT molecular complexity index is 872. The summed E-state index contributed by atoms with van der Waals surface area (Å²) in [5, 5.41) is 80.1. The summed E-state index contributed by atoms with van der Waals surface area (Å²) in [5.41, 5.74) is -0.0563. The van der Waals surface area contributed by atoms with Gasteiger partial charge < -0.3 is 60.4 Å². The molecule has 42 heavy (non-hydrogen) atoms. The third-order valence-corrected chi connectivity index (χ3v) is 6.42. The summed E-state index contributed by atoms with van der Waals surface area (Å²) in [6, 6.07) is 1.29. The van der Waals surface area contributed by atoms with Crippen LogP contribution in [0, 0.1) is 0 Å². The lowest BCUT2D eigenvalue weighted by Gasteiger charge is -2.24. The van der Waals surface area contributed by atoms with Crippen LogP contribution in [-0.2, 0) is 6.42 Å². The van der Waals surface area contributed by atoms with E-state index in [-0.39, 0.29) is 41.4 Å². The van der Waals surface area contributed by atoms with Crippen molar-refractivity contribution in [1.82, 2.24) is 5.32 Å². The maximum Gasteiger partial charge on any atom is 0.258 e. The number of ether oxygens (including phenoxy) is 3. The van der Waals surface area contributed by atoms with Crippen molar-refractivity contribution < 1.29 is 59.9 Å². The maximum absolute atomic E-state index is 13.5. The van der Waals surface area contributed by atoms with Crippen LogP contribution in [0.25, 0.3) is 0 Å². The molecule has 1 aromatic carbocycles. The molecule has 1 rings (SSSR count). The second kappa shape index (κ2) is 22.3. The van der Waals surface area contributed by atoms with Gasteiger partial charge in [0.2, 0.25) is 0 Å². The molecule has 13 heteroatoms. The second-order valence-electron chi connectivity index (χ2n) is 10.3. The summed E-state index contributed by atoms with van der Waals surface area (Å²) >= 11 is 0. The van der Waals surface area contributed by atoms with Gasteiger partial charge in [0.05, 0.1) is 32.5 Å². The van der Waals surface area contributed by atoms with Crippen molar-refractivity contribution in [2.45, 2.75) is 89.1 Å². The molecule has 0 radical (unpaired) electrons. The van der Waals surface area contributed by atoms with Crippen molar-refractivity contribution in [2.75, 3.05) is 52.8 Å². The van der Waals surface area contributed by atoms with Gasteiger partial charge in [-0.15, -0.1) is 0 Å². The fraction of sp³-hybridized carbons (Fsp3) is 0.759. The van der Waals surface area contributed by atoms with Crippen molar-refractivity contribution in [1.29, 1.82) is 0 Å². The molecule has 4 atom stereocenters. The number of aliphatic hydroxyl groups is 8. The van der Waals surface area contributed by atoms with Crippen LogP contribution < -0.4 is 19.5 Å². The van der Waals surface area contributed by atoms with E-state index in [1.807, 2.05) is 0 Å². The number of carbonyl (C=O) groups is 1. The van der Waals surface area contributed by atoms with E-state index in [0.29, 0.717) is 13.0 Å². The molecule has 9 N–H and O–H groups in total. The smallest absolute Gasteiger partial charge is 0.258 e. The fourth-order valence-corrected chi connectivity index (χ4v) is 4.02. The minimum Gasteiger partial charge on any atom is -0.490 e. The van der Waals surface area contributed by atoms with Gasteiger partial charge in [0.15, 0.2) is 0 Å². The highest BCUT2D eigenvalue weighted by atomic mass is 16.5. The number of rotatable bonds is 25. The van der Waals surface area contributed by atoms with Crippen molar-refractivity contribution in [3.8, 4) is 17.2 Å². The minimum absolute atomic E-state index is 0.0309. The first kappa shape index (κ1) is 37.8. The molecule has 4 unspecified atom stereocenters. The van der Waals surface area contributed by atoms with Crippen LogP contribution >= 0.6 is 0 Å². The van der Waals surface area contributed by atoms with Gasteiger partial charge in [0.1, 0.15) is 60.9 Å². The summed E-state index contributed by atoms with van der Waals surface area (Å²) in [6.07, 6.45) is 3.12. The van der Waals surface area contributed by atoms with Gasteiger partial charge in [-0.3, -0.25) is 4.79 Å². The van der Waals surface area contributed by atoms with E-state index < -0.39 is 70.0 Å². The summed E-state index contributed by atoms with van der Waals surface area (Å²) in [4.78, 5) is 13.5. The van der Waals surface area contributed by atoms with Crippen LogP contribution in [0.2, 0.25) is 0 Å². The molecule has 0 saturated carbocycles. The van der Waals surface area contributed by atoms with Gasteiger partial charge in [0.25, 0.3) is 5.91 Å². The van der Waals surface area contributed by atoms with E-state index in [0.717, 1.165) is 19.3 Å². The Labute approximate surface area is 247 Å². The zero-order valence-corrected chi connectivity index (χ0v) is 24.6. The first-order valence-corrected chi connectivity index (χ1v) is 14.7. The molecule has 0 heterocycles. The molecular formula is C29H51NO12. The SMILES string of the molecule is CCCCCCCCCCNC(=O)c1c(OCC(O)CO)cc(OCC(O)CO)c(CC(O)CO)c1OCC(O)CO. The molecular weight excluding hydrogens is 554 g/mol. The Morgan fingerprint density at radius 1 is 0.690 bits per heavy atom. The number of carbonyl (C=O) groups excluding carboxylic acids is 1. The lowest BCUT2D eigenvalue weighted by Crippen LogP contribution is -2.30. The number of hydrogen-bond acceptors (Lipinski definition) is 12. The van der Waals surface area contributed by atoms with E-state index in [4.69, 9.17) is 14.2 Å². The molecule has 13 nitrogen and oxygen atoms in total. The number of hydrogen-bond donors (Lipinski definition) is 9. The highest BCUT2D eigenvalue weighted by molar-refractivity contribution is 6.00. The summed E-state index contributed by atoms with van der Waals surface area (Å²) < 4.78 is 17.1. The van der Waals surface area contributed by atoms with Crippen LogP contribution in [-0.4, -0.2) is 124 Å². The van der Waals surface area contributed by atoms with Crippen LogP contribution in [0.1, 0.15) is 74.2 Å². The summed E-state index contributed by atoms with van der Waals surface area (Å²) in [5.74, 6) is -0.953. The number of aliphatic hydroxyl groups excluding tert-OH is 8. The maximum atomic E-state index is 13.5. The van der Waals surface area contributed by atoms with Crippen LogP contribution in [0.4, 0.5) is 0 Å². The Hall–Kier alpha value is -2.23. The third-order valence-electron chi connectivity index (χ3n) is 6.42. The topological polar surface area (TPSA) is 219 Å². The van der Waals surface area contributed by atoms with Gasteiger partial charge in [0, 0.05) is 24.6 Å². The molecule has 0 saturated heterocycles. The molecule has 0 fully saturated rings. The first-order valence-electron chi connectivity index (χ1n) is 14.7. The predicted molar refractivity (Wildman–Crippen MR) is 154 cm³/mol. The van der Waals surface area contributed by atoms with Crippen molar-refractivity contribution in [3.63, 3.8) is 0 Å². The molecule has 0 bridgehead atoms. The number of amides is 1. The molecule has 0 spiro atoms. The summed E-state index contributed by atoms with van der Waals surface area (Å²) in [7, 11) is 0. The van der Waals surface area contributed by atoms with Gasteiger partial charge in [-0.25, -0.2) is 0 Å². The number of unbranched alkanes of at least 4 members (excludes halogenated alkanes) is 7. The highest BCUT2D eigenvalue weighted by Gasteiger charge is 2.29. The molecule has 0 aliphatic rings. The van der Waals surface area contributed by atoms with Crippen LogP contribution in [0.3, 0.4) is 0 Å². The van der Waals surface area contributed by atoms with Gasteiger partial charge in [-0.2, -0.15) is 0 Å².